The first-order valence-corrected chi connectivity index (χ1v) is 9.26. The molecule has 0 amide bonds. The van der Waals surface area contributed by atoms with Crippen LogP contribution in [0.4, 0.5) is 0 Å². The molecule has 0 aliphatic rings. The van der Waals surface area contributed by atoms with Gasteiger partial charge in [-0.15, -0.1) is 0 Å². The molecule has 0 heterocycles. The summed E-state index contributed by atoms with van der Waals surface area (Å²) in [5, 5.41) is 0. The molecule has 0 aromatic heterocycles. The molecule has 0 radical (unpaired) electrons. The van der Waals surface area contributed by atoms with E-state index in [0.29, 0.717) is 0 Å². The normalized spacial score (nSPS) is 8.44. The van der Waals surface area contributed by atoms with E-state index in [1.807, 2.05) is 60.7 Å². The van der Waals surface area contributed by atoms with Crippen LogP contribution in [-0.2, 0) is 34.3 Å². The molecule has 0 atom stereocenters. The van der Waals surface area contributed by atoms with Gasteiger partial charge in [-0.2, -0.15) is 42.2 Å². The molecule has 3 heteroatoms. The minimum atomic E-state index is 0. The predicted molar refractivity (Wildman–Crippen MR) is 85.9 cm³/mol. The molecular weight excluding hydrogens is 291 g/mol. The van der Waals surface area contributed by atoms with Crippen molar-refractivity contribution in [2.75, 3.05) is 25.2 Å². The van der Waals surface area contributed by atoms with Crippen molar-refractivity contribution in [1.82, 2.24) is 0 Å². The molecule has 0 nitrogen and oxygen atoms in total. The summed E-state index contributed by atoms with van der Waals surface area (Å²) in [6.07, 6.45) is 2.66. The number of hydrogen-bond acceptors (Lipinski definition) is 1. The first kappa shape index (κ1) is 20.5. The predicted octanol–water partition coefficient (Wildman–Crippen LogP) is 4.21. The van der Waals surface area contributed by atoms with Gasteiger partial charge in [-0.05, 0) is 14.3 Å². The Hall–Kier alpha value is 0.194. The summed E-state index contributed by atoms with van der Waals surface area (Å²) in [4.78, 5) is 0. The van der Waals surface area contributed by atoms with Crippen LogP contribution in [0.2, 0.25) is 0 Å². The number of hydrogen-bond donors (Lipinski definition) is 0. The van der Waals surface area contributed by atoms with Gasteiger partial charge in [-0.3, -0.25) is 0 Å². The maximum Gasteiger partial charge on any atom is 0.0548 e. The van der Waals surface area contributed by atoms with E-state index in [-0.39, 0.29) is 29.6 Å². The zero-order chi connectivity index (χ0) is 12.8. The van der Waals surface area contributed by atoms with Crippen LogP contribution in [0.5, 0.6) is 0 Å². The van der Waals surface area contributed by atoms with Crippen LogP contribution in [0.15, 0.2) is 60.7 Å². The zero-order valence-corrected chi connectivity index (χ0v) is 14.7. The van der Waals surface area contributed by atoms with Gasteiger partial charge in [0.25, 0.3) is 0 Å². The average Bonchev–Trinajstić information content (AvgIpc) is 3.01. The van der Waals surface area contributed by atoms with Crippen LogP contribution >= 0.6 is 7.92 Å². The molecule has 0 saturated carbocycles. The maximum atomic E-state index is 4.79. The average molecular weight is 314 g/mol. The van der Waals surface area contributed by atoms with E-state index in [1.54, 1.807) is 0 Å². The molecule has 0 N–H and O–H groups in total. The molecule has 0 fully saturated rings. The SMILES string of the molecule is C[PH+](C)CCC[S-].[Ti].c1cc[cH-]c1.c1cc[cH-]c1. The third-order valence-corrected chi connectivity index (χ3v) is 3.57. The van der Waals surface area contributed by atoms with Crippen molar-refractivity contribution in [3.05, 3.63) is 60.7 Å². The van der Waals surface area contributed by atoms with Gasteiger partial charge in [0.1, 0.15) is 0 Å². The summed E-state index contributed by atoms with van der Waals surface area (Å²) in [7, 11) is 0.0361. The molecule has 0 spiro atoms. The van der Waals surface area contributed by atoms with E-state index in [1.165, 1.54) is 12.6 Å². The van der Waals surface area contributed by atoms with Gasteiger partial charge in [0.2, 0.25) is 0 Å². The van der Waals surface area contributed by atoms with Gasteiger partial charge in [0.05, 0.1) is 6.16 Å². The van der Waals surface area contributed by atoms with E-state index >= 15 is 0 Å². The van der Waals surface area contributed by atoms with Gasteiger partial charge in [0.15, 0.2) is 0 Å². The molecule has 2 rings (SSSR count). The van der Waals surface area contributed by atoms with E-state index in [2.05, 4.69) is 13.3 Å². The summed E-state index contributed by atoms with van der Waals surface area (Å²) < 4.78 is 0. The second-order valence-electron chi connectivity index (χ2n) is 3.94. The van der Waals surface area contributed by atoms with Gasteiger partial charge in [0, 0.05) is 35.0 Å². The Bertz CT molecular complexity index is 229. The molecule has 0 aliphatic carbocycles. The molecule has 0 bridgehead atoms. The van der Waals surface area contributed by atoms with Gasteiger partial charge < -0.3 is 12.6 Å². The first-order chi connectivity index (χ1) is 8.27. The fourth-order valence-corrected chi connectivity index (χ4v) is 2.35. The fraction of sp³-hybridized carbons (Fsp3) is 0.333. The van der Waals surface area contributed by atoms with Gasteiger partial charge in [-0.25, -0.2) is 24.3 Å². The van der Waals surface area contributed by atoms with Crippen LogP contribution in [0, 0.1) is 0 Å². The van der Waals surface area contributed by atoms with Crippen molar-refractivity contribution in [2.45, 2.75) is 6.42 Å². The topological polar surface area (TPSA) is 0 Å². The van der Waals surface area contributed by atoms with E-state index in [4.69, 9.17) is 12.6 Å². The maximum absolute atomic E-state index is 4.79. The fourth-order valence-electron chi connectivity index (χ4n) is 1.07. The van der Waals surface area contributed by atoms with Crippen LogP contribution < -0.4 is 0 Å². The van der Waals surface area contributed by atoms with E-state index in [0.717, 1.165) is 5.75 Å². The minimum Gasteiger partial charge on any atom is -0.792 e. The van der Waals surface area contributed by atoms with Crippen LogP contribution in [0.25, 0.3) is 0 Å². The largest absolute Gasteiger partial charge is 0.792 e. The third kappa shape index (κ3) is 18.6. The quantitative estimate of drug-likeness (QED) is 0.354. The second kappa shape index (κ2) is 17.2. The van der Waals surface area contributed by atoms with Crippen molar-refractivity contribution in [1.29, 1.82) is 0 Å². The monoisotopic (exact) mass is 314 g/mol. The molecule has 0 unspecified atom stereocenters. The Morgan fingerprint density at radius 3 is 1.39 bits per heavy atom. The Kier molecular flexibility index (Phi) is 19.6. The van der Waals surface area contributed by atoms with E-state index in [9.17, 15) is 0 Å². The van der Waals surface area contributed by atoms with Crippen LogP contribution in [0.1, 0.15) is 6.42 Å². The summed E-state index contributed by atoms with van der Waals surface area (Å²) in [6, 6.07) is 20.0. The van der Waals surface area contributed by atoms with Crippen LogP contribution in [0.3, 0.4) is 0 Å². The molecule has 0 aliphatic heterocycles. The minimum absolute atomic E-state index is 0. The van der Waals surface area contributed by atoms with Crippen molar-refractivity contribution in [2.24, 2.45) is 0 Å². The van der Waals surface area contributed by atoms with Crippen molar-refractivity contribution < 1.29 is 21.7 Å². The molecule has 0 saturated heterocycles. The zero-order valence-electron chi connectivity index (χ0n) is 11.3. The summed E-state index contributed by atoms with van der Waals surface area (Å²) in [5.41, 5.74) is 0. The first-order valence-electron chi connectivity index (χ1n) is 5.98. The van der Waals surface area contributed by atoms with E-state index < -0.39 is 0 Å². The third-order valence-electron chi connectivity index (χ3n) is 1.93. The van der Waals surface area contributed by atoms with Crippen LogP contribution in [-0.4, -0.2) is 25.2 Å². The van der Waals surface area contributed by atoms with Gasteiger partial charge in [-0.1, -0.05) is 0 Å². The smallest absolute Gasteiger partial charge is 0.0548 e. The van der Waals surface area contributed by atoms with Crippen molar-refractivity contribution in [3.63, 3.8) is 0 Å². The number of rotatable bonds is 3. The Morgan fingerprint density at radius 1 is 0.889 bits per heavy atom. The molecule has 18 heavy (non-hydrogen) atoms. The summed E-state index contributed by atoms with van der Waals surface area (Å²) in [6.45, 7) is 4.66. The summed E-state index contributed by atoms with van der Waals surface area (Å²) >= 11 is 4.79. The molecule has 2 aromatic rings. The summed E-state index contributed by atoms with van der Waals surface area (Å²) in [5.74, 6) is 0.954. The molecule has 2 aromatic carbocycles. The standard InChI is InChI=1S/C5H13PS.2C5H5.Ti/c1-6(2)4-3-5-7;2*1-2-4-5-3-1;/h7H,3-5H2,1-2H3;2*1-5H;/q;2*-1;. The molecule has 100 valence electrons. The second-order valence-corrected chi connectivity index (χ2v) is 7.26. The van der Waals surface area contributed by atoms with Crippen molar-refractivity contribution in [3.8, 4) is 0 Å². The Labute approximate surface area is 134 Å². The Morgan fingerprint density at radius 2 is 1.28 bits per heavy atom. The van der Waals surface area contributed by atoms with Crippen molar-refractivity contribution >= 4 is 20.6 Å². The Balaban J connectivity index is 0. The van der Waals surface area contributed by atoms with Gasteiger partial charge >= 0.3 is 0 Å². The molecular formula is C15H23PSTi-2.